The van der Waals surface area contributed by atoms with E-state index in [1.165, 1.54) is 64.6 Å². The van der Waals surface area contributed by atoms with Crippen LogP contribution in [0.5, 0.6) is 0 Å². The van der Waals surface area contributed by atoms with Crippen LogP contribution in [-0.2, 0) is 4.79 Å². The summed E-state index contributed by atoms with van der Waals surface area (Å²) in [5.41, 5.74) is 0.398. The maximum absolute atomic E-state index is 12.8. The smallest absolute Gasteiger partial charge is 0.226 e. The predicted octanol–water partition coefficient (Wildman–Crippen LogP) is 2.55. The number of rotatable bonds is 3. The number of carbonyl (C=O) groups excluding carboxylic acids is 1. The summed E-state index contributed by atoms with van der Waals surface area (Å²) in [4.78, 5) is 17.6. The van der Waals surface area contributed by atoms with Crippen molar-refractivity contribution in [3.63, 3.8) is 0 Å². The Morgan fingerprint density at radius 1 is 1.00 bits per heavy atom. The average molecular weight is 378 g/mol. The van der Waals surface area contributed by atoms with Gasteiger partial charge in [0.15, 0.2) is 0 Å². The van der Waals surface area contributed by atoms with E-state index in [9.17, 15) is 4.79 Å². The van der Waals surface area contributed by atoms with E-state index in [2.05, 4.69) is 15.1 Å². The van der Waals surface area contributed by atoms with Gasteiger partial charge >= 0.3 is 0 Å². The van der Waals surface area contributed by atoms with E-state index in [1.54, 1.807) is 0 Å². The standard InChI is InChI=1S/C18H31N3O.2ClH/c22-17(16-13-18(16)5-7-19-8-6-18)21-11-3-15(4-12-21)14-20-9-1-2-10-20;;/h15-16,19H,1-14H2;2*1H. The molecule has 1 aliphatic carbocycles. The molecule has 1 N–H and O–H groups in total. The molecule has 4 nitrogen and oxygen atoms in total. The van der Waals surface area contributed by atoms with E-state index < -0.39 is 0 Å². The molecule has 1 saturated carbocycles. The zero-order chi connectivity index (χ0) is 15.0. The number of nitrogens with one attached hydrogen (secondary N) is 1. The summed E-state index contributed by atoms with van der Waals surface area (Å²) in [6.07, 6.45) is 8.82. The third-order valence-electron chi connectivity index (χ3n) is 6.73. The molecule has 0 aromatic heterocycles. The minimum Gasteiger partial charge on any atom is -0.342 e. The quantitative estimate of drug-likeness (QED) is 0.820. The van der Waals surface area contributed by atoms with E-state index in [1.807, 2.05) is 0 Å². The minimum absolute atomic E-state index is 0. The Balaban J connectivity index is 0.00000104. The van der Waals surface area contributed by atoms with Crippen LogP contribution >= 0.6 is 24.8 Å². The molecule has 1 atom stereocenters. The van der Waals surface area contributed by atoms with Crippen LogP contribution < -0.4 is 5.32 Å². The van der Waals surface area contributed by atoms with Gasteiger partial charge in [-0.05, 0) is 82.5 Å². The van der Waals surface area contributed by atoms with Gasteiger partial charge < -0.3 is 15.1 Å². The van der Waals surface area contributed by atoms with Crippen LogP contribution in [0.25, 0.3) is 0 Å². The molecule has 1 unspecified atom stereocenters. The zero-order valence-electron chi connectivity index (χ0n) is 14.7. The molecular weight excluding hydrogens is 345 g/mol. The highest BCUT2D eigenvalue weighted by molar-refractivity contribution is 5.85. The van der Waals surface area contributed by atoms with Crippen LogP contribution in [-0.4, -0.2) is 61.5 Å². The van der Waals surface area contributed by atoms with E-state index in [-0.39, 0.29) is 24.8 Å². The molecule has 3 heterocycles. The van der Waals surface area contributed by atoms with Crippen molar-refractivity contribution < 1.29 is 4.79 Å². The largest absolute Gasteiger partial charge is 0.342 e. The van der Waals surface area contributed by atoms with E-state index in [0.717, 1.165) is 32.1 Å². The summed E-state index contributed by atoms with van der Waals surface area (Å²) in [5.74, 6) is 1.68. The summed E-state index contributed by atoms with van der Waals surface area (Å²) < 4.78 is 0. The maximum Gasteiger partial charge on any atom is 0.226 e. The first-order valence-electron chi connectivity index (χ1n) is 9.49. The van der Waals surface area contributed by atoms with Crippen molar-refractivity contribution in [3.05, 3.63) is 0 Å². The second-order valence-corrected chi connectivity index (χ2v) is 8.15. The number of hydrogen-bond donors (Lipinski definition) is 1. The topological polar surface area (TPSA) is 35.6 Å². The van der Waals surface area contributed by atoms with Crippen molar-refractivity contribution in [2.75, 3.05) is 45.8 Å². The molecule has 4 aliphatic rings. The van der Waals surface area contributed by atoms with Gasteiger partial charge in [-0.25, -0.2) is 0 Å². The van der Waals surface area contributed by atoms with Crippen LogP contribution in [0.3, 0.4) is 0 Å². The maximum atomic E-state index is 12.8. The van der Waals surface area contributed by atoms with Gasteiger partial charge in [0.05, 0.1) is 0 Å². The molecule has 3 aliphatic heterocycles. The highest BCUT2D eigenvalue weighted by atomic mass is 35.5. The van der Waals surface area contributed by atoms with Crippen molar-refractivity contribution in [2.45, 2.75) is 44.9 Å². The Labute approximate surface area is 158 Å². The summed E-state index contributed by atoms with van der Waals surface area (Å²) in [7, 11) is 0. The number of halogens is 2. The Morgan fingerprint density at radius 2 is 1.62 bits per heavy atom. The molecule has 4 fully saturated rings. The van der Waals surface area contributed by atoms with Crippen molar-refractivity contribution in [3.8, 4) is 0 Å². The van der Waals surface area contributed by atoms with Gasteiger partial charge in [0, 0.05) is 25.6 Å². The van der Waals surface area contributed by atoms with Gasteiger partial charge in [-0.15, -0.1) is 24.8 Å². The van der Waals surface area contributed by atoms with Gasteiger partial charge in [0.25, 0.3) is 0 Å². The van der Waals surface area contributed by atoms with Gasteiger partial charge in [0.2, 0.25) is 5.91 Å². The molecular formula is C18H33Cl2N3O. The number of carbonyl (C=O) groups is 1. The van der Waals surface area contributed by atoms with Crippen molar-refractivity contribution in [2.24, 2.45) is 17.3 Å². The fraction of sp³-hybridized carbons (Fsp3) is 0.944. The van der Waals surface area contributed by atoms with Crippen LogP contribution in [0, 0.1) is 17.3 Å². The molecule has 3 saturated heterocycles. The van der Waals surface area contributed by atoms with Gasteiger partial charge in [-0.3, -0.25) is 4.79 Å². The molecule has 0 bridgehead atoms. The first kappa shape index (κ1) is 20.3. The average Bonchev–Trinajstić information content (AvgIpc) is 2.99. The first-order valence-corrected chi connectivity index (χ1v) is 9.49. The highest BCUT2D eigenvalue weighted by Crippen LogP contribution is 2.59. The lowest BCUT2D eigenvalue weighted by atomic mass is 9.91. The molecule has 4 rings (SSSR count). The lowest BCUT2D eigenvalue weighted by molar-refractivity contribution is -0.135. The zero-order valence-corrected chi connectivity index (χ0v) is 16.3. The monoisotopic (exact) mass is 377 g/mol. The molecule has 0 aromatic carbocycles. The number of nitrogens with zero attached hydrogens (tertiary/aromatic N) is 2. The Hall–Kier alpha value is -0.0300. The van der Waals surface area contributed by atoms with Gasteiger partial charge in [-0.2, -0.15) is 0 Å². The predicted molar refractivity (Wildman–Crippen MR) is 102 cm³/mol. The fourth-order valence-corrected chi connectivity index (χ4v) is 5.06. The second kappa shape index (κ2) is 8.57. The molecule has 24 heavy (non-hydrogen) atoms. The summed E-state index contributed by atoms with van der Waals surface area (Å²) in [6.45, 7) is 8.14. The van der Waals surface area contributed by atoms with Gasteiger partial charge in [-0.1, -0.05) is 0 Å². The Morgan fingerprint density at radius 3 is 2.25 bits per heavy atom. The highest BCUT2D eigenvalue weighted by Gasteiger charge is 2.58. The van der Waals surface area contributed by atoms with E-state index in [4.69, 9.17) is 0 Å². The molecule has 1 spiro atoms. The Kier molecular flexibility index (Phi) is 7.24. The van der Waals surface area contributed by atoms with Crippen molar-refractivity contribution >= 4 is 30.7 Å². The van der Waals surface area contributed by atoms with Gasteiger partial charge in [0.1, 0.15) is 0 Å². The minimum atomic E-state index is 0. The van der Waals surface area contributed by atoms with Crippen LogP contribution in [0.15, 0.2) is 0 Å². The number of amides is 1. The third kappa shape index (κ3) is 4.20. The fourth-order valence-electron chi connectivity index (χ4n) is 5.06. The molecule has 140 valence electrons. The molecule has 0 radical (unpaired) electrons. The van der Waals surface area contributed by atoms with E-state index >= 15 is 0 Å². The normalized spacial score (nSPS) is 29.8. The summed E-state index contributed by atoms with van der Waals surface area (Å²) >= 11 is 0. The SMILES string of the molecule is Cl.Cl.O=C(C1CC12CCNCC2)N1CCC(CN2CCCC2)CC1. The first-order chi connectivity index (χ1) is 10.8. The lowest BCUT2D eigenvalue weighted by Gasteiger charge is -2.34. The van der Waals surface area contributed by atoms with Crippen molar-refractivity contribution in [1.29, 1.82) is 0 Å². The Bertz CT molecular complexity index is 414. The van der Waals surface area contributed by atoms with Crippen LogP contribution in [0.1, 0.15) is 44.9 Å². The van der Waals surface area contributed by atoms with Crippen molar-refractivity contribution in [1.82, 2.24) is 15.1 Å². The van der Waals surface area contributed by atoms with E-state index in [0.29, 0.717) is 17.2 Å². The number of hydrogen-bond acceptors (Lipinski definition) is 3. The van der Waals surface area contributed by atoms with Crippen LogP contribution in [0.2, 0.25) is 0 Å². The number of likely N-dealkylation sites (tertiary alicyclic amines) is 2. The third-order valence-corrected chi connectivity index (χ3v) is 6.73. The lowest BCUT2D eigenvalue weighted by Crippen LogP contribution is -2.43. The summed E-state index contributed by atoms with van der Waals surface area (Å²) in [5, 5.41) is 3.43. The van der Waals surface area contributed by atoms with Crippen LogP contribution in [0.4, 0.5) is 0 Å². The second-order valence-electron chi connectivity index (χ2n) is 8.15. The summed E-state index contributed by atoms with van der Waals surface area (Å²) in [6, 6.07) is 0. The molecule has 0 aromatic rings. The number of piperidine rings is 2. The molecule has 1 amide bonds. The molecule has 6 heteroatoms.